The number of nitriles is 1. The summed E-state index contributed by atoms with van der Waals surface area (Å²) in [5.41, 5.74) is 1.42. The standard InChI is InChI=1S/C16H16N2O3S/c17-10-8-12-4-1-2-7-16(12)22(19,20)18-14-5-3-6-15-13(14)9-11-21-15/h1-2,4,7,9,11,14,18H,3,5-6,8H2. The fraction of sp³-hybridized carbons (Fsp3) is 0.312. The number of sulfonamides is 1. The summed E-state index contributed by atoms with van der Waals surface area (Å²) in [7, 11) is -3.68. The molecule has 1 aromatic heterocycles. The number of hydrogen-bond acceptors (Lipinski definition) is 4. The van der Waals surface area contributed by atoms with Crippen LogP contribution in [0, 0.1) is 11.3 Å². The molecule has 1 atom stereocenters. The third kappa shape index (κ3) is 2.78. The minimum Gasteiger partial charge on any atom is -0.469 e. The number of aryl methyl sites for hydroxylation is 1. The Morgan fingerprint density at radius 2 is 2.14 bits per heavy atom. The summed E-state index contributed by atoms with van der Waals surface area (Å²) >= 11 is 0. The molecule has 6 heteroatoms. The molecule has 0 radical (unpaired) electrons. The molecule has 1 unspecified atom stereocenters. The Hall–Kier alpha value is -2.10. The molecule has 0 spiro atoms. The third-order valence-corrected chi connectivity index (χ3v) is 5.45. The van der Waals surface area contributed by atoms with Gasteiger partial charge in [0.2, 0.25) is 10.0 Å². The minimum absolute atomic E-state index is 0.0682. The maximum absolute atomic E-state index is 12.7. The second-order valence-corrected chi connectivity index (χ2v) is 6.99. The molecule has 114 valence electrons. The van der Waals surface area contributed by atoms with Gasteiger partial charge in [-0.15, -0.1) is 0 Å². The minimum atomic E-state index is -3.68. The van der Waals surface area contributed by atoms with Gasteiger partial charge in [-0.25, -0.2) is 13.1 Å². The van der Waals surface area contributed by atoms with E-state index >= 15 is 0 Å². The van der Waals surface area contributed by atoms with Crippen molar-refractivity contribution >= 4 is 10.0 Å². The molecule has 0 fully saturated rings. The Morgan fingerprint density at radius 1 is 1.32 bits per heavy atom. The van der Waals surface area contributed by atoms with E-state index in [1.54, 1.807) is 24.5 Å². The summed E-state index contributed by atoms with van der Waals surface area (Å²) in [6.45, 7) is 0. The molecule has 1 N–H and O–H groups in total. The predicted octanol–water partition coefficient (Wildman–Crippen LogP) is 2.70. The summed E-state index contributed by atoms with van der Waals surface area (Å²) in [5, 5.41) is 8.86. The van der Waals surface area contributed by atoms with Gasteiger partial charge >= 0.3 is 0 Å². The van der Waals surface area contributed by atoms with Crippen molar-refractivity contribution in [2.45, 2.75) is 36.6 Å². The van der Waals surface area contributed by atoms with Crippen molar-refractivity contribution in [1.82, 2.24) is 4.72 Å². The molecule has 1 aliphatic carbocycles. The van der Waals surface area contributed by atoms with Crippen LogP contribution >= 0.6 is 0 Å². The molecule has 1 aliphatic rings. The van der Waals surface area contributed by atoms with Crippen molar-refractivity contribution in [2.75, 3.05) is 0 Å². The van der Waals surface area contributed by atoms with Crippen molar-refractivity contribution in [2.24, 2.45) is 0 Å². The number of hydrogen-bond donors (Lipinski definition) is 1. The summed E-state index contributed by atoms with van der Waals surface area (Å²) in [5.74, 6) is 0.851. The van der Waals surface area contributed by atoms with E-state index in [4.69, 9.17) is 9.68 Å². The summed E-state index contributed by atoms with van der Waals surface area (Å²) in [4.78, 5) is 0.173. The highest BCUT2D eigenvalue weighted by Gasteiger charge is 2.28. The van der Waals surface area contributed by atoms with Gasteiger partial charge < -0.3 is 4.42 Å². The van der Waals surface area contributed by atoms with Gasteiger partial charge in [-0.05, 0) is 30.5 Å². The van der Waals surface area contributed by atoms with Crippen LogP contribution in [0.15, 0.2) is 45.9 Å². The third-order valence-electron chi connectivity index (χ3n) is 3.88. The average Bonchev–Trinajstić information content (AvgIpc) is 2.97. The molecule has 0 saturated carbocycles. The van der Waals surface area contributed by atoms with E-state index in [2.05, 4.69) is 4.72 Å². The number of benzene rings is 1. The largest absolute Gasteiger partial charge is 0.469 e. The van der Waals surface area contributed by atoms with Crippen LogP contribution in [-0.2, 0) is 22.9 Å². The highest BCUT2D eigenvalue weighted by molar-refractivity contribution is 7.89. The molecule has 1 heterocycles. The van der Waals surface area contributed by atoms with Crippen molar-refractivity contribution in [1.29, 1.82) is 5.26 Å². The molecule has 5 nitrogen and oxygen atoms in total. The molecule has 0 aliphatic heterocycles. The fourth-order valence-corrected chi connectivity index (χ4v) is 4.35. The van der Waals surface area contributed by atoms with Gasteiger partial charge in [-0.2, -0.15) is 5.26 Å². The van der Waals surface area contributed by atoms with Crippen molar-refractivity contribution in [3.05, 3.63) is 53.5 Å². The summed E-state index contributed by atoms with van der Waals surface area (Å²) in [6.07, 6.45) is 4.13. The molecule has 0 bridgehead atoms. The zero-order valence-corrected chi connectivity index (χ0v) is 12.8. The van der Waals surface area contributed by atoms with E-state index in [9.17, 15) is 8.42 Å². The lowest BCUT2D eigenvalue weighted by Crippen LogP contribution is -2.31. The van der Waals surface area contributed by atoms with Crippen LogP contribution < -0.4 is 4.72 Å². The molecular formula is C16H16N2O3S. The number of rotatable bonds is 4. The van der Waals surface area contributed by atoms with E-state index in [0.29, 0.717) is 5.56 Å². The van der Waals surface area contributed by atoms with E-state index < -0.39 is 10.0 Å². The van der Waals surface area contributed by atoms with E-state index in [1.165, 1.54) is 6.07 Å². The van der Waals surface area contributed by atoms with Crippen molar-refractivity contribution < 1.29 is 12.8 Å². The van der Waals surface area contributed by atoms with Gasteiger partial charge in [0.15, 0.2) is 0 Å². The van der Waals surface area contributed by atoms with Gasteiger partial charge in [0.05, 0.1) is 29.7 Å². The predicted molar refractivity (Wildman–Crippen MR) is 80.5 cm³/mol. The average molecular weight is 316 g/mol. The molecule has 0 saturated heterocycles. The van der Waals surface area contributed by atoms with Gasteiger partial charge in [0, 0.05) is 12.0 Å². The Balaban J connectivity index is 1.92. The SMILES string of the molecule is N#CCc1ccccc1S(=O)(=O)NC1CCCc2occc21. The maximum Gasteiger partial charge on any atom is 0.241 e. The highest BCUT2D eigenvalue weighted by Crippen LogP contribution is 2.32. The summed E-state index contributed by atoms with van der Waals surface area (Å²) in [6, 6.07) is 10.2. The lowest BCUT2D eigenvalue weighted by atomic mass is 9.94. The normalized spacial score (nSPS) is 17.7. The first kappa shape index (κ1) is 14.8. The lowest BCUT2D eigenvalue weighted by molar-refractivity contribution is 0.438. The fourth-order valence-electron chi connectivity index (χ4n) is 2.86. The second kappa shape index (κ2) is 5.95. The Kier molecular flexibility index (Phi) is 4.01. The molecule has 0 amide bonds. The monoisotopic (exact) mass is 316 g/mol. The van der Waals surface area contributed by atoms with Crippen LogP contribution in [-0.4, -0.2) is 8.42 Å². The quantitative estimate of drug-likeness (QED) is 0.940. The van der Waals surface area contributed by atoms with Gasteiger partial charge in [0.1, 0.15) is 5.76 Å². The topological polar surface area (TPSA) is 83.1 Å². The molecule has 22 heavy (non-hydrogen) atoms. The van der Waals surface area contributed by atoms with Crippen LogP contribution in [0.3, 0.4) is 0 Å². The van der Waals surface area contributed by atoms with Crippen LogP contribution in [0.5, 0.6) is 0 Å². The maximum atomic E-state index is 12.7. The van der Waals surface area contributed by atoms with E-state index in [0.717, 1.165) is 30.6 Å². The molecule has 2 aromatic rings. The zero-order valence-electron chi connectivity index (χ0n) is 12.0. The smallest absolute Gasteiger partial charge is 0.241 e. The lowest BCUT2D eigenvalue weighted by Gasteiger charge is -2.23. The van der Waals surface area contributed by atoms with Crippen LogP contribution in [0.2, 0.25) is 0 Å². The zero-order chi connectivity index (χ0) is 15.6. The Morgan fingerprint density at radius 3 is 2.95 bits per heavy atom. The van der Waals surface area contributed by atoms with Crippen LogP contribution in [0.1, 0.15) is 35.8 Å². The molecule has 3 rings (SSSR count). The highest BCUT2D eigenvalue weighted by atomic mass is 32.2. The first-order valence-electron chi connectivity index (χ1n) is 7.15. The van der Waals surface area contributed by atoms with Gasteiger partial charge in [-0.3, -0.25) is 0 Å². The first-order chi connectivity index (χ1) is 10.6. The number of furan rings is 1. The Bertz CT molecular complexity index is 818. The van der Waals surface area contributed by atoms with E-state index in [-0.39, 0.29) is 17.4 Å². The number of nitrogens with zero attached hydrogens (tertiary/aromatic N) is 1. The van der Waals surface area contributed by atoms with E-state index in [1.807, 2.05) is 12.1 Å². The second-order valence-electron chi connectivity index (χ2n) is 5.31. The van der Waals surface area contributed by atoms with Crippen molar-refractivity contribution in [3.8, 4) is 6.07 Å². The number of nitrogens with one attached hydrogen (secondary N) is 1. The van der Waals surface area contributed by atoms with Crippen molar-refractivity contribution in [3.63, 3.8) is 0 Å². The molecular weight excluding hydrogens is 300 g/mol. The van der Waals surface area contributed by atoms with Gasteiger partial charge in [0.25, 0.3) is 0 Å². The Labute approximate surface area is 129 Å². The van der Waals surface area contributed by atoms with Crippen LogP contribution in [0.4, 0.5) is 0 Å². The van der Waals surface area contributed by atoms with Crippen LogP contribution in [0.25, 0.3) is 0 Å². The summed E-state index contributed by atoms with van der Waals surface area (Å²) < 4.78 is 33.5. The van der Waals surface area contributed by atoms with Gasteiger partial charge in [-0.1, -0.05) is 18.2 Å². The molecule has 1 aromatic carbocycles. The first-order valence-corrected chi connectivity index (χ1v) is 8.63. The number of fused-ring (bicyclic) bond motifs is 1.